The van der Waals surface area contributed by atoms with Gasteiger partial charge in [0.25, 0.3) is 0 Å². The number of aryl methyl sites for hydroxylation is 1. The first-order valence-corrected chi connectivity index (χ1v) is 9.14. The van der Waals surface area contributed by atoms with Gasteiger partial charge in [0.2, 0.25) is 6.79 Å². The molecular formula is C21H25IN4O2. The number of aliphatic imine (C=N–C) groups is 1. The second-order valence-electron chi connectivity index (χ2n) is 6.56. The molecule has 1 aliphatic heterocycles. The molecule has 0 amide bonds. The number of nitrogens with one attached hydrogen (secondary N) is 3. The van der Waals surface area contributed by atoms with E-state index in [4.69, 9.17) is 9.47 Å². The smallest absolute Gasteiger partial charge is 0.231 e. The molecule has 4 rings (SSSR count). The normalized spacial score (nSPS) is 12.7. The second kappa shape index (κ2) is 9.18. The van der Waals surface area contributed by atoms with Crippen molar-refractivity contribution in [2.75, 3.05) is 20.4 Å². The Bertz CT molecular complexity index is 984. The van der Waals surface area contributed by atoms with Crippen LogP contribution in [-0.4, -0.2) is 31.3 Å². The van der Waals surface area contributed by atoms with Crippen LogP contribution in [0.1, 0.15) is 16.8 Å². The fourth-order valence-corrected chi connectivity index (χ4v) is 3.42. The number of hydrogen-bond donors (Lipinski definition) is 3. The number of guanidine groups is 1. The first-order chi connectivity index (χ1) is 13.2. The predicted molar refractivity (Wildman–Crippen MR) is 123 cm³/mol. The van der Waals surface area contributed by atoms with E-state index in [0.717, 1.165) is 36.0 Å². The molecule has 0 radical (unpaired) electrons. The monoisotopic (exact) mass is 492 g/mol. The number of fused-ring (bicyclic) bond motifs is 2. The number of ether oxygens (including phenoxy) is 2. The standard InChI is InChI=1S/C21H24N4O2.HI/c1-14-16(17-5-3-4-6-18(17)25-14)9-10-23-21(22-2)24-12-15-7-8-19-20(11-15)27-13-26-19;/h3-8,11,25H,9-10,12-13H2,1-2H3,(H2,22,23,24);1H. The Morgan fingerprint density at radius 2 is 1.93 bits per heavy atom. The maximum Gasteiger partial charge on any atom is 0.231 e. The van der Waals surface area contributed by atoms with Crippen LogP contribution >= 0.6 is 24.0 Å². The number of nitrogens with zero attached hydrogens (tertiary/aromatic N) is 1. The van der Waals surface area contributed by atoms with Gasteiger partial charge >= 0.3 is 0 Å². The topological polar surface area (TPSA) is 70.7 Å². The number of hydrogen-bond acceptors (Lipinski definition) is 3. The van der Waals surface area contributed by atoms with Crippen molar-refractivity contribution in [3.05, 3.63) is 59.3 Å². The molecule has 0 aliphatic carbocycles. The fourth-order valence-electron chi connectivity index (χ4n) is 3.42. The number of rotatable bonds is 5. The minimum atomic E-state index is 0. The summed E-state index contributed by atoms with van der Waals surface area (Å²) in [5, 5.41) is 8.03. The molecule has 28 heavy (non-hydrogen) atoms. The number of aromatic amines is 1. The zero-order valence-corrected chi connectivity index (χ0v) is 18.4. The summed E-state index contributed by atoms with van der Waals surface area (Å²) in [5.41, 5.74) is 4.88. The molecule has 7 heteroatoms. The maximum atomic E-state index is 5.43. The zero-order valence-electron chi connectivity index (χ0n) is 16.0. The van der Waals surface area contributed by atoms with Crippen molar-refractivity contribution in [3.8, 4) is 11.5 Å². The molecular weight excluding hydrogens is 467 g/mol. The minimum Gasteiger partial charge on any atom is -0.454 e. The van der Waals surface area contributed by atoms with Crippen LogP contribution in [0.4, 0.5) is 0 Å². The lowest BCUT2D eigenvalue weighted by molar-refractivity contribution is 0.174. The van der Waals surface area contributed by atoms with Gasteiger partial charge in [0.1, 0.15) is 0 Å². The van der Waals surface area contributed by atoms with E-state index in [2.05, 4.69) is 51.8 Å². The molecule has 0 bridgehead atoms. The van der Waals surface area contributed by atoms with E-state index >= 15 is 0 Å². The average Bonchev–Trinajstić information content (AvgIpc) is 3.28. The molecule has 1 aromatic heterocycles. The highest BCUT2D eigenvalue weighted by molar-refractivity contribution is 14.0. The SMILES string of the molecule is CN=C(NCCc1c(C)[nH]c2ccccc12)NCc1ccc2c(c1)OCO2.I. The molecule has 0 spiro atoms. The highest BCUT2D eigenvalue weighted by Gasteiger charge is 2.13. The summed E-state index contributed by atoms with van der Waals surface area (Å²) in [6.07, 6.45) is 0.931. The quantitative estimate of drug-likeness (QED) is 0.289. The highest BCUT2D eigenvalue weighted by Crippen LogP contribution is 2.32. The summed E-state index contributed by atoms with van der Waals surface area (Å²) in [5.74, 6) is 2.38. The van der Waals surface area contributed by atoms with Crippen molar-refractivity contribution < 1.29 is 9.47 Å². The highest BCUT2D eigenvalue weighted by atomic mass is 127. The molecule has 2 aromatic carbocycles. The largest absolute Gasteiger partial charge is 0.454 e. The number of halogens is 1. The van der Waals surface area contributed by atoms with E-state index in [1.54, 1.807) is 7.05 Å². The van der Waals surface area contributed by atoms with Crippen LogP contribution in [0.5, 0.6) is 11.5 Å². The summed E-state index contributed by atoms with van der Waals surface area (Å²) >= 11 is 0. The average molecular weight is 492 g/mol. The Morgan fingerprint density at radius 1 is 1.11 bits per heavy atom. The summed E-state index contributed by atoms with van der Waals surface area (Å²) in [6, 6.07) is 14.4. The van der Waals surface area contributed by atoms with Gasteiger partial charge in [-0.1, -0.05) is 24.3 Å². The van der Waals surface area contributed by atoms with E-state index in [0.29, 0.717) is 13.3 Å². The zero-order chi connectivity index (χ0) is 18.6. The summed E-state index contributed by atoms with van der Waals surface area (Å²) in [4.78, 5) is 7.76. The molecule has 148 valence electrons. The van der Waals surface area contributed by atoms with Gasteiger partial charge in [0.15, 0.2) is 17.5 Å². The maximum absolute atomic E-state index is 5.43. The van der Waals surface area contributed by atoms with Crippen LogP contribution in [0.25, 0.3) is 10.9 Å². The van der Waals surface area contributed by atoms with Gasteiger partial charge < -0.3 is 25.1 Å². The molecule has 0 fully saturated rings. The van der Waals surface area contributed by atoms with E-state index < -0.39 is 0 Å². The molecule has 0 saturated carbocycles. The summed E-state index contributed by atoms with van der Waals surface area (Å²) < 4.78 is 10.8. The lowest BCUT2D eigenvalue weighted by Crippen LogP contribution is -2.37. The Morgan fingerprint density at radius 3 is 2.79 bits per heavy atom. The molecule has 1 aliphatic rings. The van der Waals surface area contributed by atoms with Crippen LogP contribution in [0, 0.1) is 6.92 Å². The molecule has 3 aromatic rings. The molecule has 3 N–H and O–H groups in total. The number of para-hydroxylation sites is 1. The molecule has 6 nitrogen and oxygen atoms in total. The van der Waals surface area contributed by atoms with E-state index in [9.17, 15) is 0 Å². The first kappa shape index (κ1) is 20.3. The predicted octanol–water partition coefficient (Wildman–Crippen LogP) is 3.73. The van der Waals surface area contributed by atoms with Crippen LogP contribution < -0.4 is 20.1 Å². The molecule has 0 unspecified atom stereocenters. The molecule has 2 heterocycles. The summed E-state index contributed by atoms with van der Waals surface area (Å²) in [7, 11) is 1.78. The van der Waals surface area contributed by atoms with Gasteiger partial charge in [-0.25, -0.2) is 0 Å². The lowest BCUT2D eigenvalue weighted by Gasteiger charge is -2.12. The summed E-state index contributed by atoms with van der Waals surface area (Å²) in [6.45, 7) is 3.90. The Balaban J connectivity index is 0.00000225. The van der Waals surface area contributed by atoms with Crippen LogP contribution in [0.3, 0.4) is 0 Å². The van der Waals surface area contributed by atoms with Gasteiger partial charge in [-0.2, -0.15) is 0 Å². The van der Waals surface area contributed by atoms with Crippen molar-refractivity contribution in [2.24, 2.45) is 4.99 Å². The van der Waals surface area contributed by atoms with Crippen molar-refractivity contribution in [2.45, 2.75) is 19.9 Å². The first-order valence-electron chi connectivity index (χ1n) is 9.14. The van der Waals surface area contributed by atoms with Crippen molar-refractivity contribution >= 4 is 40.8 Å². The third-order valence-electron chi connectivity index (χ3n) is 4.82. The van der Waals surface area contributed by atoms with Gasteiger partial charge in [-0.3, -0.25) is 4.99 Å². The van der Waals surface area contributed by atoms with Crippen LogP contribution in [0.2, 0.25) is 0 Å². The van der Waals surface area contributed by atoms with Crippen LogP contribution in [-0.2, 0) is 13.0 Å². The van der Waals surface area contributed by atoms with Gasteiger partial charge in [-0.05, 0) is 42.7 Å². The van der Waals surface area contributed by atoms with E-state index in [-0.39, 0.29) is 24.0 Å². The minimum absolute atomic E-state index is 0. The number of aromatic nitrogens is 1. The van der Waals surface area contributed by atoms with Gasteiger partial charge in [0.05, 0.1) is 0 Å². The third kappa shape index (κ3) is 4.35. The number of benzene rings is 2. The van der Waals surface area contributed by atoms with E-state index in [1.807, 2.05) is 18.2 Å². The third-order valence-corrected chi connectivity index (χ3v) is 4.82. The van der Waals surface area contributed by atoms with Crippen molar-refractivity contribution in [3.63, 3.8) is 0 Å². The lowest BCUT2D eigenvalue weighted by atomic mass is 10.1. The van der Waals surface area contributed by atoms with Gasteiger partial charge in [-0.15, -0.1) is 24.0 Å². The fraction of sp³-hybridized carbons (Fsp3) is 0.286. The Labute approximate surface area is 181 Å². The van der Waals surface area contributed by atoms with Crippen molar-refractivity contribution in [1.82, 2.24) is 15.6 Å². The van der Waals surface area contributed by atoms with Gasteiger partial charge in [0, 0.05) is 36.7 Å². The van der Waals surface area contributed by atoms with E-state index in [1.165, 1.54) is 22.2 Å². The second-order valence-corrected chi connectivity index (χ2v) is 6.56. The Kier molecular flexibility index (Phi) is 6.66. The molecule has 0 atom stereocenters. The van der Waals surface area contributed by atoms with Crippen molar-refractivity contribution in [1.29, 1.82) is 0 Å². The number of H-pyrrole nitrogens is 1. The molecule has 0 saturated heterocycles. The Hall–Kier alpha value is -2.42. The van der Waals surface area contributed by atoms with Crippen LogP contribution in [0.15, 0.2) is 47.5 Å².